The van der Waals surface area contributed by atoms with Gasteiger partial charge in [0.25, 0.3) is 0 Å². The summed E-state index contributed by atoms with van der Waals surface area (Å²) in [6.07, 6.45) is 2.38. The molecule has 7 heteroatoms. The largest absolute Gasteiger partial charge is 0.481 e. The summed E-state index contributed by atoms with van der Waals surface area (Å²) in [5.41, 5.74) is 8.01. The van der Waals surface area contributed by atoms with Crippen molar-refractivity contribution >= 4 is 33.9 Å². The van der Waals surface area contributed by atoms with Gasteiger partial charge in [0.15, 0.2) is 0 Å². The summed E-state index contributed by atoms with van der Waals surface area (Å²) in [6.45, 7) is 6.25. The highest BCUT2D eigenvalue weighted by Gasteiger charge is 2.31. The number of aryl methyl sites for hydroxylation is 2. The van der Waals surface area contributed by atoms with E-state index in [1.54, 1.807) is 0 Å². The number of nitrogens with zero attached hydrogens (tertiary/aromatic N) is 2. The van der Waals surface area contributed by atoms with Crippen LogP contribution in [0.2, 0.25) is 0 Å². The molecule has 44 heavy (non-hydrogen) atoms. The lowest BCUT2D eigenvalue weighted by Crippen LogP contribution is -2.27. The number of fused-ring (bicyclic) bond motifs is 3. The third-order valence-corrected chi connectivity index (χ3v) is 8.99. The van der Waals surface area contributed by atoms with Crippen LogP contribution in [0.4, 0.5) is 0 Å². The highest BCUT2D eigenvalue weighted by molar-refractivity contribution is 6.08. The number of benzene rings is 3. The SMILES string of the molecule is Cc1nc2c(c(C)c1CCC(=O)OCc1ccccc1)c1ccccc1n2Cc1ccc([C@@H](C(=O)O)C2CCOCC2)cc1. The van der Waals surface area contributed by atoms with Crippen molar-refractivity contribution in [2.24, 2.45) is 5.92 Å². The minimum atomic E-state index is -0.776. The van der Waals surface area contributed by atoms with Gasteiger partial charge in [-0.25, -0.2) is 4.98 Å². The molecule has 0 radical (unpaired) electrons. The van der Waals surface area contributed by atoms with E-state index in [-0.39, 0.29) is 24.9 Å². The fourth-order valence-corrected chi connectivity index (χ4v) is 6.67. The molecule has 226 valence electrons. The van der Waals surface area contributed by atoms with E-state index in [4.69, 9.17) is 14.5 Å². The van der Waals surface area contributed by atoms with E-state index in [0.717, 1.165) is 68.3 Å². The number of ether oxygens (including phenoxy) is 2. The second-order valence-electron chi connectivity index (χ2n) is 11.8. The number of aromatic nitrogens is 2. The standard InChI is InChI=1S/C37H38N2O5/c1-24-30(16-17-33(40)44-23-27-8-4-3-5-9-27)25(2)38-36-34(24)31-10-6-7-11-32(31)39(36)22-26-12-14-28(15-13-26)35(37(41)42)29-18-20-43-21-19-29/h3-15,29,35H,16-23H2,1-2H3,(H,41,42)/t35-/m1/s1. The average Bonchev–Trinajstić information content (AvgIpc) is 3.34. The summed E-state index contributed by atoms with van der Waals surface area (Å²) in [5, 5.41) is 12.3. The van der Waals surface area contributed by atoms with E-state index in [0.29, 0.717) is 26.2 Å². The van der Waals surface area contributed by atoms with Gasteiger partial charge in [-0.15, -0.1) is 0 Å². The zero-order valence-corrected chi connectivity index (χ0v) is 25.3. The molecule has 1 aliphatic rings. The molecule has 1 atom stereocenters. The van der Waals surface area contributed by atoms with Crippen LogP contribution in [0.25, 0.3) is 21.9 Å². The number of esters is 1. The van der Waals surface area contributed by atoms with E-state index in [1.165, 1.54) is 0 Å². The van der Waals surface area contributed by atoms with Crippen LogP contribution in [0.3, 0.4) is 0 Å². The van der Waals surface area contributed by atoms with Gasteiger partial charge in [-0.3, -0.25) is 9.59 Å². The first-order valence-electron chi connectivity index (χ1n) is 15.4. The average molecular weight is 591 g/mol. The minimum Gasteiger partial charge on any atom is -0.481 e. The number of hydrogen-bond donors (Lipinski definition) is 1. The molecule has 1 N–H and O–H groups in total. The number of hydrogen-bond acceptors (Lipinski definition) is 5. The molecular weight excluding hydrogens is 552 g/mol. The number of carboxylic acids is 1. The summed E-state index contributed by atoms with van der Waals surface area (Å²) >= 11 is 0. The zero-order chi connectivity index (χ0) is 30.6. The quantitative estimate of drug-likeness (QED) is 0.174. The number of aliphatic carboxylic acids is 1. The van der Waals surface area contributed by atoms with E-state index >= 15 is 0 Å². The normalized spacial score (nSPS) is 14.6. The molecule has 3 heterocycles. The Hall–Kier alpha value is -4.49. The maximum absolute atomic E-state index is 12.6. The molecule has 6 rings (SSSR count). The fraction of sp³-hybridized carbons (Fsp3) is 0.324. The summed E-state index contributed by atoms with van der Waals surface area (Å²) in [6, 6.07) is 26.1. The van der Waals surface area contributed by atoms with Gasteiger partial charge in [-0.05, 0) is 72.9 Å². The molecule has 0 saturated carbocycles. The second-order valence-corrected chi connectivity index (χ2v) is 11.8. The number of carbonyl (C=O) groups excluding carboxylic acids is 1. The highest BCUT2D eigenvalue weighted by Crippen LogP contribution is 2.35. The van der Waals surface area contributed by atoms with Gasteiger partial charge in [0.2, 0.25) is 0 Å². The van der Waals surface area contributed by atoms with Gasteiger partial charge < -0.3 is 19.1 Å². The Kier molecular flexibility index (Phi) is 8.75. The van der Waals surface area contributed by atoms with Gasteiger partial charge >= 0.3 is 11.9 Å². The third kappa shape index (κ3) is 6.10. The predicted octanol–water partition coefficient (Wildman–Crippen LogP) is 7.13. The first-order valence-corrected chi connectivity index (χ1v) is 15.4. The summed E-state index contributed by atoms with van der Waals surface area (Å²) in [7, 11) is 0. The molecule has 0 unspecified atom stereocenters. The molecule has 0 spiro atoms. The summed E-state index contributed by atoms with van der Waals surface area (Å²) in [5.74, 6) is -1.44. The van der Waals surface area contributed by atoms with Crippen LogP contribution in [-0.4, -0.2) is 39.8 Å². The van der Waals surface area contributed by atoms with Gasteiger partial charge in [0.1, 0.15) is 12.3 Å². The van der Waals surface area contributed by atoms with Gasteiger partial charge in [0, 0.05) is 42.6 Å². The molecule has 5 aromatic rings. The van der Waals surface area contributed by atoms with Crippen LogP contribution < -0.4 is 0 Å². The molecule has 7 nitrogen and oxygen atoms in total. The van der Waals surface area contributed by atoms with Gasteiger partial charge in [-0.1, -0.05) is 72.8 Å². The number of rotatable bonds is 10. The molecule has 0 amide bonds. The van der Waals surface area contributed by atoms with E-state index in [9.17, 15) is 14.7 Å². The van der Waals surface area contributed by atoms with Crippen LogP contribution in [-0.2, 0) is 38.6 Å². The molecule has 1 saturated heterocycles. The van der Waals surface area contributed by atoms with Crippen LogP contribution in [0.15, 0.2) is 78.9 Å². The van der Waals surface area contributed by atoms with Crippen molar-refractivity contribution in [3.05, 3.63) is 112 Å². The van der Waals surface area contributed by atoms with Crippen molar-refractivity contribution in [1.82, 2.24) is 9.55 Å². The molecule has 0 aliphatic carbocycles. The van der Waals surface area contributed by atoms with Crippen LogP contribution in [0.1, 0.15) is 58.7 Å². The van der Waals surface area contributed by atoms with Gasteiger partial charge in [0.05, 0.1) is 11.4 Å². The Labute approximate surface area is 257 Å². The van der Waals surface area contributed by atoms with Crippen molar-refractivity contribution in [1.29, 1.82) is 0 Å². The lowest BCUT2D eigenvalue weighted by atomic mass is 9.81. The Balaban J connectivity index is 1.25. The van der Waals surface area contributed by atoms with Crippen molar-refractivity contribution in [3.63, 3.8) is 0 Å². The molecule has 1 fully saturated rings. The van der Waals surface area contributed by atoms with E-state index < -0.39 is 11.9 Å². The number of para-hydroxylation sites is 1. The lowest BCUT2D eigenvalue weighted by molar-refractivity contribution is -0.145. The molecule has 0 bridgehead atoms. The van der Waals surface area contributed by atoms with Gasteiger partial charge in [-0.2, -0.15) is 0 Å². The molecular formula is C37H38N2O5. The number of pyridine rings is 1. The number of carboxylic acid groups (broad SMARTS) is 1. The smallest absolute Gasteiger partial charge is 0.311 e. The summed E-state index contributed by atoms with van der Waals surface area (Å²) < 4.78 is 13.2. The van der Waals surface area contributed by atoms with Crippen LogP contribution in [0, 0.1) is 19.8 Å². The highest BCUT2D eigenvalue weighted by atomic mass is 16.5. The minimum absolute atomic E-state index is 0.0829. The maximum atomic E-state index is 12.6. The lowest BCUT2D eigenvalue weighted by Gasteiger charge is -2.28. The maximum Gasteiger partial charge on any atom is 0.311 e. The first-order chi connectivity index (χ1) is 21.4. The first kappa shape index (κ1) is 29.6. The van der Waals surface area contributed by atoms with Crippen molar-refractivity contribution in [2.75, 3.05) is 13.2 Å². The van der Waals surface area contributed by atoms with E-state index in [2.05, 4.69) is 23.6 Å². The molecule has 2 aromatic heterocycles. The monoisotopic (exact) mass is 590 g/mol. The second kappa shape index (κ2) is 13.0. The number of carbonyl (C=O) groups is 2. The topological polar surface area (TPSA) is 90.7 Å². The van der Waals surface area contributed by atoms with Crippen LogP contribution in [0.5, 0.6) is 0 Å². The predicted molar refractivity (Wildman–Crippen MR) is 171 cm³/mol. The molecule has 1 aliphatic heterocycles. The van der Waals surface area contributed by atoms with Crippen molar-refractivity contribution in [2.45, 2.75) is 58.6 Å². The van der Waals surface area contributed by atoms with Crippen molar-refractivity contribution < 1.29 is 24.2 Å². The Morgan fingerprint density at radius 2 is 1.66 bits per heavy atom. The van der Waals surface area contributed by atoms with Crippen molar-refractivity contribution in [3.8, 4) is 0 Å². The van der Waals surface area contributed by atoms with Crippen LogP contribution >= 0.6 is 0 Å². The Morgan fingerprint density at radius 1 is 0.955 bits per heavy atom. The summed E-state index contributed by atoms with van der Waals surface area (Å²) in [4.78, 5) is 29.9. The molecule has 3 aromatic carbocycles. The van der Waals surface area contributed by atoms with E-state index in [1.807, 2.05) is 73.7 Å². The Bertz CT molecular complexity index is 1790. The third-order valence-electron chi connectivity index (χ3n) is 8.99. The fourth-order valence-electron chi connectivity index (χ4n) is 6.67. The zero-order valence-electron chi connectivity index (χ0n) is 25.3. The Morgan fingerprint density at radius 3 is 2.39 bits per heavy atom.